The van der Waals surface area contributed by atoms with Gasteiger partial charge in [-0.1, -0.05) is 30.7 Å². The number of fused-ring (bicyclic) bond motifs is 1. The van der Waals surface area contributed by atoms with Gasteiger partial charge in [-0.3, -0.25) is 9.59 Å². The number of furan rings is 1. The van der Waals surface area contributed by atoms with Crippen LogP contribution in [-0.4, -0.2) is 24.9 Å². The number of hydrogen-bond acceptors (Lipinski definition) is 3. The van der Waals surface area contributed by atoms with Gasteiger partial charge in [0.05, 0.1) is 11.6 Å². The summed E-state index contributed by atoms with van der Waals surface area (Å²) in [5.41, 5.74) is 1.19. The van der Waals surface area contributed by atoms with Crippen LogP contribution < -0.4 is 10.6 Å². The van der Waals surface area contributed by atoms with Gasteiger partial charge in [-0.15, -0.1) is 0 Å². The van der Waals surface area contributed by atoms with Gasteiger partial charge < -0.3 is 15.1 Å². The minimum Gasteiger partial charge on any atom is -0.449 e. The van der Waals surface area contributed by atoms with Crippen molar-refractivity contribution in [3.63, 3.8) is 0 Å². The highest BCUT2D eigenvalue weighted by atomic mass is 35.5. The maximum atomic E-state index is 12.1. The third kappa shape index (κ3) is 3.36. The van der Waals surface area contributed by atoms with Gasteiger partial charge in [-0.25, -0.2) is 0 Å². The van der Waals surface area contributed by atoms with Crippen molar-refractivity contribution in [2.24, 2.45) is 0 Å². The number of nitrogens with one attached hydrogen (secondary N) is 2. The van der Waals surface area contributed by atoms with Crippen molar-refractivity contribution in [3.05, 3.63) is 34.5 Å². The Kier molecular flexibility index (Phi) is 4.85. The third-order valence-electron chi connectivity index (χ3n) is 3.10. The Morgan fingerprint density at radius 1 is 1.29 bits per heavy atom. The van der Waals surface area contributed by atoms with Crippen molar-refractivity contribution in [1.29, 1.82) is 0 Å². The molecule has 2 aromatic rings. The lowest BCUT2D eigenvalue weighted by molar-refractivity contribution is -0.120. The SMILES string of the molecule is CCCNC(=O)CNC(=O)c1oc2c(Cl)cccc2c1C. The number of hydrogen-bond donors (Lipinski definition) is 2. The Balaban J connectivity index is 2.11. The van der Waals surface area contributed by atoms with Gasteiger partial charge in [0.15, 0.2) is 11.3 Å². The molecule has 112 valence electrons. The van der Waals surface area contributed by atoms with Crippen molar-refractivity contribution in [3.8, 4) is 0 Å². The van der Waals surface area contributed by atoms with Crippen LogP contribution >= 0.6 is 11.6 Å². The zero-order chi connectivity index (χ0) is 15.4. The summed E-state index contributed by atoms with van der Waals surface area (Å²) in [5.74, 6) is -0.468. The Morgan fingerprint density at radius 2 is 2.05 bits per heavy atom. The molecular formula is C15H17ClN2O3. The maximum Gasteiger partial charge on any atom is 0.287 e. The highest BCUT2D eigenvalue weighted by Crippen LogP contribution is 2.30. The molecule has 0 atom stereocenters. The monoisotopic (exact) mass is 308 g/mol. The molecule has 0 aliphatic carbocycles. The molecule has 0 unspecified atom stereocenters. The van der Waals surface area contributed by atoms with Crippen molar-refractivity contribution < 1.29 is 14.0 Å². The Morgan fingerprint density at radius 3 is 2.71 bits per heavy atom. The zero-order valence-corrected chi connectivity index (χ0v) is 12.7. The highest BCUT2D eigenvalue weighted by molar-refractivity contribution is 6.35. The minimum atomic E-state index is -0.425. The lowest BCUT2D eigenvalue weighted by atomic mass is 10.1. The molecule has 0 spiro atoms. The van der Waals surface area contributed by atoms with Crippen molar-refractivity contribution in [1.82, 2.24) is 10.6 Å². The number of para-hydroxylation sites is 1. The number of carbonyl (C=O) groups is 2. The van der Waals surface area contributed by atoms with E-state index in [9.17, 15) is 9.59 Å². The van der Waals surface area contributed by atoms with Crippen molar-refractivity contribution >= 4 is 34.4 Å². The first-order valence-corrected chi connectivity index (χ1v) is 7.15. The number of amides is 2. The van der Waals surface area contributed by atoms with Crippen LogP contribution in [0.3, 0.4) is 0 Å². The summed E-state index contributed by atoms with van der Waals surface area (Å²) < 4.78 is 5.53. The quantitative estimate of drug-likeness (QED) is 0.892. The summed E-state index contributed by atoms with van der Waals surface area (Å²) in [6.45, 7) is 4.26. The number of carbonyl (C=O) groups excluding carboxylic acids is 2. The minimum absolute atomic E-state index is 0.0803. The molecule has 1 aromatic carbocycles. The second kappa shape index (κ2) is 6.63. The van der Waals surface area contributed by atoms with E-state index in [1.165, 1.54) is 0 Å². The fourth-order valence-electron chi connectivity index (χ4n) is 1.99. The van der Waals surface area contributed by atoms with Crippen LogP contribution in [0.4, 0.5) is 0 Å². The second-order valence-electron chi connectivity index (χ2n) is 4.71. The topological polar surface area (TPSA) is 71.3 Å². The molecule has 0 radical (unpaired) electrons. The van der Waals surface area contributed by atoms with Gasteiger partial charge in [0.25, 0.3) is 5.91 Å². The molecule has 0 saturated heterocycles. The van der Waals surface area contributed by atoms with E-state index in [-0.39, 0.29) is 18.2 Å². The summed E-state index contributed by atoms with van der Waals surface area (Å²) in [6.07, 6.45) is 0.848. The van der Waals surface area contributed by atoms with Crippen molar-refractivity contribution in [2.75, 3.05) is 13.1 Å². The molecule has 2 rings (SSSR count). The standard InChI is InChI=1S/C15H17ClN2O3/c1-3-7-17-12(19)8-18-15(20)13-9(2)10-5-4-6-11(16)14(10)21-13/h4-6H,3,7-8H2,1-2H3,(H,17,19)(H,18,20). The van der Waals surface area contributed by atoms with Crippen LogP contribution in [-0.2, 0) is 4.79 Å². The van der Waals surface area contributed by atoms with E-state index >= 15 is 0 Å². The van der Waals surface area contributed by atoms with E-state index < -0.39 is 5.91 Å². The molecule has 5 nitrogen and oxygen atoms in total. The first kappa shape index (κ1) is 15.4. The molecule has 2 amide bonds. The molecule has 0 saturated carbocycles. The first-order chi connectivity index (χ1) is 10.0. The average molecular weight is 309 g/mol. The average Bonchev–Trinajstić information content (AvgIpc) is 2.81. The summed E-state index contributed by atoms with van der Waals surface area (Å²) >= 11 is 6.04. The van der Waals surface area contributed by atoms with E-state index in [0.717, 1.165) is 11.8 Å². The lowest BCUT2D eigenvalue weighted by Gasteiger charge is -2.04. The molecule has 0 aliphatic rings. The normalized spacial score (nSPS) is 10.6. The predicted molar refractivity (Wildman–Crippen MR) is 81.6 cm³/mol. The number of benzene rings is 1. The van der Waals surface area contributed by atoms with Gasteiger partial charge in [-0.05, 0) is 19.4 Å². The first-order valence-electron chi connectivity index (χ1n) is 6.77. The van der Waals surface area contributed by atoms with Crippen LogP contribution in [0.25, 0.3) is 11.0 Å². The van der Waals surface area contributed by atoms with E-state index in [2.05, 4.69) is 10.6 Å². The van der Waals surface area contributed by atoms with Gasteiger partial charge in [-0.2, -0.15) is 0 Å². The molecule has 0 fully saturated rings. The molecule has 6 heteroatoms. The van der Waals surface area contributed by atoms with Gasteiger partial charge >= 0.3 is 0 Å². The van der Waals surface area contributed by atoms with Gasteiger partial charge in [0.2, 0.25) is 5.91 Å². The molecular weight excluding hydrogens is 292 g/mol. The smallest absolute Gasteiger partial charge is 0.287 e. The highest BCUT2D eigenvalue weighted by Gasteiger charge is 2.19. The lowest BCUT2D eigenvalue weighted by Crippen LogP contribution is -2.37. The Bertz CT molecular complexity index is 679. The maximum absolute atomic E-state index is 12.1. The number of aryl methyl sites for hydroxylation is 1. The Hall–Kier alpha value is -2.01. The van der Waals surface area contributed by atoms with Crippen molar-refractivity contribution in [2.45, 2.75) is 20.3 Å². The molecule has 2 N–H and O–H groups in total. The van der Waals surface area contributed by atoms with E-state index in [1.54, 1.807) is 19.1 Å². The van der Waals surface area contributed by atoms with Crippen LogP contribution in [0.15, 0.2) is 22.6 Å². The summed E-state index contributed by atoms with van der Waals surface area (Å²) in [6, 6.07) is 5.34. The molecule has 21 heavy (non-hydrogen) atoms. The summed E-state index contributed by atoms with van der Waals surface area (Å²) in [5, 5.41) is 6.47. The van der Waals surface area contributed by atoms with Crippen LogP contribution in [0.1, 0.15) is 29.5 Å². The third-order valence-corrected chi connectivity index (χ3v) is 3.40. The van der Waals surface area contributed by atoms with Gasteiger partial charge in [0, 0.05) is 17.5 Å². The molecule has 0 bridgehead atoms. The van der Waals surface area contributed by atoms with E-state index in [4.69, 9.17) is 16.0 Å². The van der Waals surface area contributed by atoms with Crippen LogP contribution in [0, 0.1) is 6.92 Å². The van der Waals surface area contributed by atoms with E-state index in [1.807, 2.05) is 13.0 Å². The Labute approximate surface area is 127 Å². The fourth-order valence-corrected chi connectivity index (χ4v) is 2.21. The largest absolute Gasteiger partial charge is 0.449 e. The molecule has 0 aliphatic heterocycles. The van der Waals surface area contributed by atoms with E-state index in [0.29, 0.717) is 22.7 Å². The number of halogens is 1. The van der Waals surface area contributed by atoms with Crippen LogP contribution in [0.2, 0.25) is 5.02 Å². The van der Waals surface area contributed by atoms with Crippen LogP contribution in [0.5, 0.6) is 0 Å². The van der Waals surface area contributed by atoms with Gasteiger partial charge in [0.1, 0.15) is 0 Å². The zero-order valence-electron chi connectivity index (χ0n) is 12.0. The fraction of sp³-hybridized carbons (Fsp3) is 0.333. The molecule has 1 aromatic heterocycles. The number of rotatable bonds is 5. The molecule has 1 heterocycles. The second-order valence-corrected chi connectivity index (χ2v) is 5.11. The predicted octanol–water partition coefficient (Wildman–Crippen LogP) is 2.65. The summed E-state index contributed by atoms with van der Waals surface area (Å²) in [7, 11) is 0. The summed E-state index contributed by atoms with van der Waals surface area (Å²) in [4.78, 5) is 23.6.